The van der Waals surface area contributed by atoms with Crippen molar-refractivity contribution >= 4 is 21.8 Å². The average molecular weight is 300 g/mol. The second kappa shape index (κ2) is 4.77. The molecule has 0 unspecified atom stereocenters. The molecule has 1 aliphatic carbocycles. The maximum Gasteiger partial charge on any atom is 0.252 e. The molecule has 1 amide bonds. The van der Waals surface area contributed by atoms with Gasteiger partial charge in [0.15, 0.2) is 0 Å². The third-order valence-corrected chi connectivity index (χ3v) is 4.37. The van der Waals surface area contributed by atoms with Gasteiger partial charge in [0, 0.05) is 5.54 Å². The van der Waals surface area contributed by atoms with Crippen LogP contribution in [0.5, 0.6) is 0 Å². The lowest BCUT2D eigenvalue weighted by molar-refractivity contribution is 0.0819. The van der Waals surface area contributed by atoms with Crippen molar-refractivity contribution in [2.24, 2.45) is 0 Å². The van der Waals surface area contributed by atoms with Crippen LogP contribution in [0.25, 0.3) is 0 Å². The van der Waals surface area contributed by atoms with Crippen LogP contribution in [0.15, 0.2) is 22.7 Å². The van der Waals surface area contributed by atoms with Gasteiger partial charge in [-0.15, -0.1) is 0 Å². The molecular formula is C13H15BrFNO. The summed E-state index contributed by atoms with van der Waals surface area (Å²) in [7, 11) is 0. The van der Waals surface area contributed by atoms with E-state index in [0.717, 1.165) is 25.7 Å². The Morgan fingerprint density at radius 2 is 2.24 bits per heavy atom. The van der Waals surface area contributed by atoms with Crippen molar-refractivity contribution in [2.75, 3.05) is 0 Å². The quantitative estimate of drug-likeness (QED) is 0.907. The third kappa shape index (κ3) is 2.37. The number of halogens is 2. The van der Waals surface area contributed by atoms with Gasteiger partial charge in [0.05, 0.1) is 10.0 Å². The second-order valence-corrected chi connectivity index (χ2v) is 5.34. The molecule has 0 bridgehead atoms. The highest BCUT2D eigenvalue weighted by Gasteiger charge is 2.36. The van der Waals surface area contributed by atoms with E-state index in [9.17, 15) is 9.18 Å². The molecule has 17 heavy (non-hydrogen) atoms. The van der Waals surface area contributed by atoms with Crippen LogP contribution in [0.2, 0.25) is 0 Å². The molecule has 2 rings (SSSR count). The summed E-state index contributed by atoms with van der Waals surface area (Å²) >= 11 is 3.11. The van der Waals surface area contributed by atoms with Gasteiger partial charge in [0.1, 0.15) is 5.82 Å². The molecule has 1 aliphatic rings. The molecule has 1 saturated carbocycles. The summed E-state index contributed by atoms with van der Waals surface area (Å²) < 4.78 is 13.6. The van der Waals surface area contributed by atoms with Crippen LogP contribution in [0.4, 0.5) is 4.39 Å². The van der Waals surface area contributed by atoms with E-state index in [-0.39, 0.29) is 15.9 Å². The number of benzene rings is 1. The molecule has 0 atom stereocenters. The minimum Gasteiger partial charge on any atom is -0.347 e. The summed E-state index contributed by atoms with van der Waals surface area (Å²) in [6.07, 6.45) is 4.11. The standard InChI is InChI=1S/C13H15BrFNO/c1-2-13(7-4-8-13)16-12(17)9-5-3-6-10(15)11(9)14/h3,5-6H,2,4,7-8H2,1H3,(H,16,17). The summed E-state index contributed by atoms with van der Waals surface area (Å²) in [6.45, 7) is 2.07. The van der Waals surface area contributed by atoms with Gasteiger partial charge in [-0.05, 0) is 53.7 Å². The minimum absolute atomic E-state index is 0.0666. The smallest absolute Gasteiger partial charge is 0.252 e. The zero-order valence-corrected chi connectivity index (χ0v) is 11.3. The number of rotatable bonds is 3. The Balaban J connectivity index is 2.17. The molecule has 0 radical (unpaired) electrons. The fourth-order valence-corrected chi connectivity index (χ4v) is 2.60. The lowest BCUT2D eigenvalue weighted by Gasteiger charge is -2.42. The highest BCUT2D eigenvalue weighted by Crippen LogP contribution is 2.35. The Morgan fingerprint density at radius 3 is 2.76 bits per heavy atom. The van der Waals surface area contributed by atoms with Gasteiger partial charge < -0.3 is 5.32 Å². The maximum atomic E-state index is 13.3. The molecule has 0 aromatic heterocycles. The molecule has 92 valence electrons. The van der Waals surface area contributed by atoms with Crippen molar-refractivity contribution < 1.29 is 9.18 Å². The predicted octanol–water partition coefficient (Wildman–Crippen LogP) is 3.65. The monoisotopic (exact) mass is 299 g/mol. The molecule has 0 heterocycles. The third-order valence-electron chi connectivity index (χ3n) is 3.56. The van der Waals surface area contributed by atoms with Crippen molar-refractivity contribution in [3.8, 4) is 0 Å². The summed E-state index contributed by atoms with van der Waals surface area (Å²) in [5.74, 6) is -0.602. The van der Waals surface area contributed by atoms with E-state index in [1.54, 1.807) is 12.1 Å². The predicted molar refractivity (Wildman–Crippen MR) is 68.4 cm³/mol. The van der Waals surface area contributed by atoms with Crippen LogP contribution >= 0.6 is 15.9 Å². The molecule has 4 heteroatoms. The van der Waals surface area contributed by atoms with Gasteiger partial charge in [0.2, 0.25) is 0 Å². The van der Waals surface area contributed by atoms with E-state index in [4.69, 9.17) is 0 Å². The molecule has 0 aliphatic heterocycles. The van der Waals surface area contributed by atoms with Gasteiger partial charge in [-0.3, -0.25) is 4.79 Å². The normalized spacial score (nSPS) is 17.4. The number of carbonyl (C=O) groups is 1. The highest BCUT2D eigenvalue weighted by molar-refractivity contribution is 9.10. The fourth-order valence-electron chi connectivity index (χ4n) is 2.16. The van der Waals surface area contributed by atoms with Crippen LogP contribution in [0.3, 0.4) is 0 Å². The van der Waals surface area contributed by atoms with E-state index in [1.165, 1.54) is 6.07 Å². The van der Waals surface area contributed by atoms with Crippen LogP contribution in [0.1, 0.15) is 43.0 Å². The molecule has 1 aromatic carbocycles. The second-order valence-electron chi connectivity index (χ2n) is 4.54. The number of nitrogens with one attached hydrogen (secondary N) is 1. The van der Waals surface area contributed by atoms with Crippen molar-refractivity contribution in [2.45, 2.75) is 38.1 Å². The topological polar surface area (TPSA) is 29.1 Å². The maximum absolute atomic E-state index is 13.3. The summed E-state index contributed by atoms with van der Waals surface area (Å²) in [5.41, 5.74) is 0.299. The van der Waals surface area contributed by atoms with Crippen LogP contribution in [-0.4, -0.2) is 11.4 Å². The first-order valence-electron chi connectivity index (χ1n) is 5.84. The van der Waals surface area contributed by atoms with Gasteiger partial charge in [0.25, 0.3) is 5.91 Å². The van der Waals surface area contributed by atoms with E-state index in [2.05, 4.69) is 28.2 Å². The van der Waals surface area contributed by atoms with Crippen LogP contribution in [0, 0.1) is 5.82 Å². The van der Waals surface area contributed by atoms with E-state index < -0.39 is 5.82 Å². The first-order valence-corrected chi connectivity index (χ1v) is 6.64. The summed E-state index contributed by atoms with van der Waals surface area (Å²) in [6, 6.07) is 4.51. The zero-order chi connectivity index (χ0) is 12.5. The summed E-state index contributed by atoms with van der Waals surface area (Å²) in [4.78, 5) is 12.1. The number of hydrogen-bond acceptors (Lipinski definition) is 1. The van der Waals surface area contributed by atoms with Crippen molar-refractivity contribution in [3.63, 3.8) is 0 Å². The Morgan fingerprint density at radius 1 is 1.53 bits per heavy atom. The summed E-state index contributed by atoms with van der Waals surface area (Å²) in [5, 5.41) is 3.03. The lowest BCUT2D eigenvalue weighted by Crippen LogP contribution is -2.53. The van der Waals surface area contributed by atoms with Crippen molar-refractivity contribution in [3.05, 3.63) is 34.1 Å². The van der Waals surface area contributed by atoms with Crippen molar-refractivity contribution in [1.29, 1.82) is 0 Å². The van der Waals surface area contributed by atoms with Gasteiger partial charge in [-0.1, -0.05) is 13.0 Å². The van der Waals surface area contributed by atoms with E-state index >= 15 is 0 Å². The van der Waals surface area contributed by atoms with Gasteiger partial charge >= 0.3 is 0 Å². The first kappa shape index (κ1) is 12.6. The number of amides is 1. The molecular weight excluding hydrogens is 285 g/mol. The Bertz CT molecular complexity index is 438. The molecule has 1 aromatic rings. The van der Waals surface area contributed by atoms with E-state index in [0.29, 0.717) is 5.56 Å². The Labute approximate surface area is 109 Å². The fraction of sp³-hybridized carbons (Fsp3) is 0.462. The molecule has 1 fully saturated rings. The minimum atomic E-state index is -0.406. The lowest BCUT2D eigenvalue weighted by atomic mass is 9.74. The number of carbonyl (C=O) groups excluding carboxylic acids is 1. The number of hydrogen-bond donors (Lipinski definition) is 1. The van der Waals surface area contributed by atoms with Gasteiger partial charge in [-0.2, -0.15) is 0 Å². The van der Waals surface area contributed by atoms with Crippen molar-refractivity contribution in [1.82, 2.24) is 5.32 Å². The first-order chi connectivity index (χ1) is 8.08. The molecule has 1 N–H and O–H groups in total. The largest absolute Gasteiger partial charge is 0.347 e. The van der Waals surface area contributed by atoms with E-state index in [1.807, 2.05) is 0 Å². The molecule has 0 spiro atoms. The molecule has 0 saturated heterocycles. The average Bonchev–Trinajstić information content (AvgIpc) is 2.27. The Hall–Kier alpha value is -0.900. The Kier molecular flexibility index (Phi) is 3.52. The van der Waals surface area contributed by atoms with Gasteiger partial charge in [-0.25, -0.2) is 4.39 Å². The van der Waals surface area contributed by atoms with Crippen LogP contribution in [-0.2, 0) is 0 Å². The highest BCUT2D eigenvalue weighted by atomic mass is 79.9. The zero-order valence-electron chi connectivity index (χ0n) is 9.72. The molecule has 2 nitrogen and oxygen atoms in total. The van der Waals surface area contributed by atoms with Crippen LogP contribution < -0.4 is 5.32 Å². The SMILES string of the molecule is CCC1(NC(=O)c2cccc(F)c2Br)CCC1.